The van der Waals surface area contributed by atoms with Gasteiger partial charge in [0.15, 0.2) is 0 Å². The van der Waals surface area contributed by atoms with Crippen LogP contribution in [-0.2, 0) is 12.6 Å². The highest BCUT2D eigenvalue weighted by Gasteiger charge is 2.30. The van der Waals surface area contributed by atoms with E-state index in [1.165, 1.54) is 6.21 Å². The Bertz CT molecular complexity index is 1220. The Hall–Kier alpha value is -3.58. The molecule has 2 unspecified atom stereocenters. The van der Waals surface area contributed by atoms with Gasteiger partial charge in [-0.15, -0.1) is 0 Å². The predicted octanol–water partition coefficient (Wildman–Crippen LogP) is 3.65. The van der Waals surface area contributed by atoms with E-state index in [0.717, 1.165) is 33.4 Å². The zero-order valence-corrected chi connectivity index (χ0v) is 17.2. The quantitative estimate of drug-likeness (QED) is 0.430. The topological polar surface area (TPSA) is 103 Å². The van der Waals surface area contributed by atoms with Crippen LogP contribution in [0, 0.1) is 5.41 Å². The van der Waals surface area contributed by atoms with Crippen LogP contribution in [0.3, 0.4) is 0 Å². The Morgan fingerprint density at radius 3 is 2.73 bits per heavy atom. The lowest BCUT2D eigenvalue weighted by molar-refractivity contribution is 0.0929. The number of aromatic amines is 1. The van der Waals surface area contributed by atoms with Crippen molar-refractivity contribution in [3.05, 3.63) is 71.7 Å². The fourth-order valence-electron chi connectivity index (χ4n) is 3.76. The SMILES string of the molecule is CN=CC(C=N)c1cnc2[nH]cc(-c3cc(C(C)(O)c4ccccc4)n(C)n3)c2c1. The average Bonchev–Trinajstić information content (AvgIpc) is 3.35. The number of nitrogens with one attached hydrogen (secondary N) is 2. The maximum absolute atomic E-state index is 11.2. The van der Waals surface area contributed by atoms with E-state index >= 15 is 0 Å². The summed E-state index contributed by atoms with van der Waals surface area (Å²) in [6.07, 6.45) is 6.69. The van der Waals surface area contributed by atoms with E-state index in [9.17, 15) is 5.11 Å². The smallest absolute Gasteiger partial charge is 0.137 e. The number of aliphatic hydroxyl groups is 1. The van der Waals surface area contributed by atoms with Gasteiger partial charge in [-0.05, 0) is 30.2 Å². The molecule has 0 aliphatic carbocycles. The summed E-state index contributed by atoms with van der Waals surface area (Å²) in [5.74, 6) is -0.229. The second kappa shape index (κ2) is 7.68. The van der Waals surface area contributed by atoms with Crippen LogP contribution >= 0.6 is 0 Å². The maximum atomic E-state index is 11.2. The van der Waals surface area contributed by atoms with Gasteiger partial charge >= 0.3 is 0 Å². The maximum Gasteiger partial charge on any atom is 0.137 e. The normalized spacial score (nSPS) is 14.8. The van der Waals surface area contributed by atoms with Crippen LogP contribution in [0.4, 0.5) is 0 Å². The third-order valence-electron chi connectivity index (χ3n) is 5.42. The fourth-order valence-corrected chi connectivity index (χ4v) is 3.76. The van der Waals surface area contributed by atoms with E-state index in [4.69, 9.17) is 5.41 Å². The first kappa shape index (κ1) is 19.7. The summed E-state index contributed by atoms with van der Waals surface area (Å²) in [6.45, 7) is 1.77. The van der Waals surface area contributed by atoms with Crippen molar-refractivity contribution >= 4 is 23.5 Å². The van der Waals surface area contributed by atoms with E-state index in [1.54, 1.807) is 31.1 Å². The highest BCUT2D eigenvalue weighted by Crippen LogP contribution is 2.34. The van der Waals surface area contributed by atoms with Gasteiger partial charge in [0.05, 0.1) is 17.3 Å². The molecule has 0 amide bonds. The molecule has 0 aliphatic heterocycles. The third-order valence-corrected chi connectivity index (χ3v) is 5.42. The van der Waals surface area contributed by atoms with Gasteiger partial charge in [-0.1, -0.05) is 30.3 Å². The van der Waals surface area contributed by atoms with E-state index in [1.807, 2.05) is 55.7 Å². The number of H-pyrrole nitrogens is 1. The summed E-state index contributed by atoms with van der Waals surface area (Å²) >= 11 is 0. The Kier molecular flexibility index (Phi) is 5.05. The van der Waals surface area contributed by atoms with Crippen molar-refractivity contribution in [1.29, 1.82) is 5.41 Å². The van der Waals surface area contributed by atoms with Crippen molar-refractivity contribution in [2.75, 3.05) is 7.05 Å². The molecule has 0 radical (unpaired) electrons. The summed E-state index contributed by atoms with van der Waals surface area (Å²) in [5.41, 5.74) is 3.57. The molecule has 0 bridgehead atoms. The molecule has 4 aromatic rings. The number of aliphatic imine (C=N–C) groups is 1. The first-order valence-electron chi connectivity index (χ1n) is 9.68. The molecule has 152 valence electrons. The molecule has 4 rings (SSSR count). The zero-order chi connectivity index (χ0) is 21.3. The van der Waals surface area contributed by atoms with Gasteiger partial charge in [-0.2, -0.15) is 5.10 Å². The van der Waals surface area contributed by atoms with Crippen LogP contribution < -0.4 is 0 Å². The van der Waals surface area contributed by atoms with Crippen molar-refractivity contribution in [3.63, 3.8) is 0 Å². The van der Waals surface area contributed by atoms with Gasteiger partial charge in [0.1, 0.15) is 11.2 Å². The minimum atomic E-state index is -1.18. The van der Waals surface area contributed by atoms with Gasteiger partial charge in [-0.25, -0.2) is 4.98 Å². The highest BCUT2D eigenvalue weighted by atomic mass is 16.3. The molecule has 30 heavy (non-hydrogen) atoms. The van der Waals surface area contributed by atoms with E-state index in [-0.39, 0.29) is 5.92 Å². The molecule has 7 nitrogen and oxygen atoms in total. The van der Waals surface area contributed by atoms with Crippen molar-refractivity contribution in [3.8, 4) is 11.3 Å². The number of hydrogen-bond acceptors (Lipinski definition) is 5. The predicted molar refractivity (Wildman–Crippen MR) is 119 cm³/mol. The standard InChI is InChI=1S/C23H24N6O/c1-23(30,17-7-5-4-6-8-17)21-10-20(28-29(21)3)19-14-27-22-18(19)9-15(13-26-22)16(11-24)12-25-2/h4-14,16,24,30H,1-3H3,(H,26,27). The summed E-state index contributed by atoms with van der Waals surface area (Å²) in [5, 5.41) is 24.5. The van der Waals surface area contributed by atoms with Crippen LogP contribution in [-0.4, -0.2) is 44.3 Å². The van der Waals surface area contributed by atoms with Crippen LogP contribution in [0.15, 0.2) is 59.9 Å². The Morgan fingerprint density at radius 1 is 1.27 bits per heavy atom. The lowest BCUT2D eigenvalue weighted by Crippen LogP contribution is -2.25. The van der Waals surface area contributed by atoms with E-state index in [2.05, 4.69) is 20.1 Å². The second-order valence-electron chi connectivity index (χ2n) is 7.44. The molecular formula is C23H24N6O. The van der Waals surface area contributed by atoms with Gasteiger partial charge < -0.3 is 15.5 Å². The minimum absolute atomic E-state index is 0.229. The van der Waals surface area contributed by atoms with Crippen LogP contribution in [0.1, 0.15) is 29.7 Å². The van der Waals surface area contributed by atoms with Gasteiger partial charge in [0, 0.05) is 49.9 Å². The Labute approximate surface area is 174 Å². The molecule has 0 spiro atoms. The second-order valence-corrected chi connectivity index (χ2v) is 7.44. The lowest BCUT2D eigenvalue weighted by atomic mass is 9.92. The summed E-state index contributed by atoms with van der Waals surface area (Å²) in [7, 11) is 3.52. The van der Waals surface area contributed by atoms with Gasteiger partial charge in [0.2, 0.25) is 0 Å². The largest absolute Gasteiger partial charge is 0.379 e. The number of aryl methyl sites for hydroxylation is 1. The number of nitrogens with zero attached hydrogens (tertiary/aromatic N) is 4. The number of pyridine rings is 1. The molecule has 0 saturated heterocycles. The number of fused-ring (bicyclic) bond motifs is 1. The average molecular weight is 400 g/mol. The van der Waals surface area contributed by atoms with Gasteiger partial charge in [-0.3, -0.25) is 9.67 Å². The molecule has 7 heteroatoms. The number of aromatic nitrogens is 4. The third kappa shape index (κ3) is 3.33. The molecule has 3 N–H and O–H groups in total. The molecule has 2 atom stereocenters. The monoisotopic (exact) mass is 400 g/mol. The van der Waals surface area contributed by atoms with Crippen molar-refractivity contribution in [2.24, 2.45) is 12.0 Å². The summed E-state index contributed by atoms with van der Waals surface area (Å²) < 4.78 is 1.71. The Morgan fingerprint density at radius 2 is 2.03 bits per heavy atom. The van der Waals surface area contributed by atoms with Crippen molar-refractivity contribution < 1.29 is 5.11 Å². The van der Waals surface area contributed by atoms with Crippen molar-refractivity contribution in [2.45, 2.75) is 18.4 Å². The summed E-state index contributed by atoms with van der Waals surface area (Å²) in [4.78, 5) is 11.7. The molecular weight excluding hydrogens is 376 g/mol. The number of hydrogen-bond donors (Lipinski definition) is 3. The Balaban J connectivity index is 1.80. The fraction of sp³-hybridized carbons (Fsp3) is 0.217. The molecule has 3 heterocycles. The highest BCUT2D eigenvalue weighted by molar-refractivity contribution is 5.95. The first-order valence-corrected chi connectivity index (χ1v) is 9.68. The molecule has 0 saturated carbocycles. The van der Waals surface area contributed by atoms with Gasteiger partial charge in [0.25, 0.3) is 0 Å². The summed E-state index contributed by atoms with van der Waals surface area (Å²) in [6, 6.07) is 13.5. The molecule has 0 fully saturated rings. The minimum Gasteiger partial charge on any atom is -0.379 e. The number of rotatable bonds is 6. The molecule has 3 aromatic heterocycles. The van der Waals surface area contributed by atoms with Crippen LogP contribution in [0.2, 0.25) is 0 Å². The van der Waals surface area contributed by atoms with Crippen LogP contribution in [0.25, 0.3) is 22.3 Å². The zero-order valence-electron chi connectivity index (χ0n) is 17.2. The molecule has 0 aliphatic rings. The van der Waals surface area contributed by atoms with E-state index in [0.29, 0.717) is 5.69 Å². The molecule has 1 aromatic carbocycles. The first-order chi connectivity index (χ1) is 14.5. The number of benzene rings is 1. The van der Waals surface area contributed by atoms with E-state index < -0.39 is 5.60 Å². The van der Waals surface area contributed by atoms with Crippen LogP contribution in [0.5, 0.6) is 0 Å². The lowest BCUT2D eigenvalue weighted by Gasteiger charge is -2.23. The van der Waals surface area contributed by atoms with Crippen molar-refractivity contribution in [1.82, 2.24) is 19.7 Å².